The number of fused-ring (bicyclic) bond motifs is 1. The van der Waals surface area contributed by atoms with E-state index in [1.807, 2.05) is 54.2 Å². The highest BCUT2D eigenvalue weighted by atomic mass is 16.1. The molecule has 3 rings (SSSR count). The van der Waals surface area contributed by atoms with Gasteiger partial charge in [-0.15, -0.1) is 0 Å². The van der Waals surface area contributed by atoms with Gasteiger partial charge in [-0.3, -0.25) is 4.79 Å². The molecule has 1 N–H and O–H groups in total. The second kappa shape index (κ2) is 4.85. The zero-order valence-corrected chi connectivity index (χ0v) is 11.4. The highest BCUT2D eigenvalue weighted by Gasteiger charge is 2.20. The van der Waals surface area contributed by atoms with Crippen molar-refractivity contribution in [1.29, 1.82) is 0 Å². The molecule has 20 heavy (non-hydrogen) atoms. The first-order valence-electron chi connectivity index (χ1n) is 6.50. The van der Waals surface area contributed by atoms with Crippen LogP contribution in [0.3, 0.4) is 0 Å². The van der Waals surface area contributed by atoms with E-state index in [1.165, 1.54) is 0 Å². The normalized spacial score (nSPS) is 16.9. The van der Waals surface area contributed by atoms with Crippen LogP contribution in [-0.4, -0.2) is 27.4 Å². The molecule has 1 unspecified atom stereocenters. The lowest BCUT2D eigenvalue weighted by Gasteiger charge is -2.28. The molecule has 1 atom stereocenters. The second-order valence-corrected chi connectivity index (χ2v) is 4.82. The van der Waals surface area contributed by atoms with E-state index in [2.05, 4.69) is 22.1 Å². The summed E-state index contributed by atoms with van der Waals surface area (Å²) in [6, 6.07) is 9.38. The van der Waals surface area contributed by atoms with Gasteiger partial charge in [0, 0.05) is 25.1 Å². The molecule has 0 bridgehead atoms. The van der Waals surface area contributed by atoms with Crippen molar-refractivity contribution in [2.75, 3.05) is 12.4 Å². The molecule has 1 aliphatic rings. The van der Waals surface area contributed by atoms with E-state index in [0.29, 0.717) is 5.69 Å². The molecule has 2 aromatic rings. The van der Waals surface area contributed by atoms with Crippen LogP contribution >= 0.6 is 0 Å². The number of nitrogens with zero attached hydrogens (tertiary/aromatic N) is 3. The van der Waals surface area contributed by atoms with Crippen LogP contribution in [0.1, 0.15) is 29.4 Å². The summed E-state index contributed by atoms with van der Waals surface area (Å²) in [6.07, 6.45) is 5.81. The number of aromatic nitrogens is 2. The molecule has 0 aliphatic carbocycles. The number of anilines is 1. The molecule has 1 aromatic heterocycles. The number of hydrogen-bond acceptors (Lipinski definition) is 3. The Balaban J connectivity index is 1.84. The third-order valence-corrected chi connectivity index (χ3v) is 3.48. The Labute approximate surface area is 117 Å². The zero-order chi connectivity index (χ0) is 14.1. The van der Waals surface area contributed by atoms with Crippen molar-refractivity contribution in [1.82, 2.24) is 14.5 Å². The van der Waals surface area contributed by atoms with E-state index in [9.17, 15) is 4.79 Å². The first-order chi connectivity index (χ1) is 9.65. The number of benzene rings is 1. The fourth-order valence-electron chi connectivity index (χ4n) is 2.16. The molecule has 102 valence electrons. The van der Waals surface area contributed by atoms with E-state index in [0.717, 1.165) is 11.5 Å². The summed E-state index contributed by atoms with van der Waals surface area (Å²) < 4.78 is 1.99. The monoisotopic (exact) mass is 268 g/mol. The zero-order valence-electron chi connectivity index (χ0n) is 11.4. The van der Waals surface area contributed by atoms with Crippen molar-refractivity contribution in [3.63, 3.8) is 0 Å². The number of hydrogen-bond donors (Lipinski definition) is 1. The molecule has 5 nitrogen and oxygen atoms in total. The van der Waals surface area contributed by atoms with Crippen molar-refractivity contribution in [2.45, 2.75) is 13.1 Å². The SMILES string of the molecule is CC1N(C)C=Cc2nc(C(=O)Nc3ccccc3)cn21. The van der Waals surface area contributed by atoms with Gasteiger partial charge >= 0.3 is 0 Å². The van der Waals surface area contributed by atoms with Crippen LogP contribution in [0, 0.1) is 0 Å². The quantitative estimate of drug-likeness (QED) is 0.910. The van der Waals surface area contributed by atoms with Crippen molar-refractivity contribution in [3.05, 3.63) is 54.2 Å². The van der Waals surface area contributed by atoms with E-state index in [4.69, 9.17) is 0 Å². The largest absolute Gasteiger partial charge is 0.360 e. The minimum atomic E-state index is -0.193. The topological polar surface area (TPSA) is 50.2 Å². The van der Waals surface area contributed by atoms with Gasteiger partial charge in [0.1, 0.15) is 17.7 Å². The van der Waals surface area contributed by atoms with Crippen molar-refractivity contribution in [3.8, 4) is 0 Å². The van der Waals surface area contributed by atoms with E-state index < -0.39 is 0 Å². The van der Waals surface area contributed by atoms with Crippen LogP contribution in [0.4, 0.5) is 5.69 Å². The van der Waals surface area contributed by atoms with Crippen LogP contribution in [0.15, 0.2) is 42.7 Å². The van der Waals surface area contributed by atoms with Crippen LogP contribution in [0.5, 0.6) is 0 Å². The molecule has 0 saturated carbocycles. The van der Waals surface area contributed by atoms with Crippen molar-refractivity contribution < 1.29 is 4.79 Å². The molecule has 0 spiro atoms. The van der Waals surface area contributed by atoms with Gasteiger partial charge in [0.15, 0.2) is 0 Å². The Morgan fingerprint density at radius 3 is 2.80 bits per heavy atom. The maximum absolute atomic E-state index is 12.2. The van der Waals surface area contributed by atoms with E-state index in [-0.39, 0.29) is 12.1 Å². The Morgan fingerprint density at radius 2 is 2.05 bits per heavy atom. The molecule has 0 radical (unpaired) electrons. The minimum absolute atomic E-state index is 0.153. The maximum atomic E-state index is 12.2. The number of amides is 1. The van der Waals surface area contributed by atoms with Crippen LogP contribution < -0.4 is 5.32 Å². The first-order valence-corrected chi connectivity index (χ1v) is 6.50. The number of nitrogens with one attached hydrogen (secondary N) is 1. The lowest BCUT2D eigenvalue weighted by molar-refractivity contribution is 0.102. The standard InChI is InChI=1S/C15H16N4O/c1-11-18(2)9-8-14-17-13(10-19(11)14)15(20)16-12-6-4-3-5-7-12/h3-11H,1-2H3,(H,16,20). The third-order valence-electron chi connectivity index (χ3n) is 3.48. The van der Waals surface area contributed by atoms with Crippen LogP contribution in [0.25, 0.3) is 6.08 Å². The number of para-hydroxylation sites is 1. The van der Waals surface area contributed by atoms with E-state index in [1.54, 1.807) is 6.20 Å². The van der Waals surface area contributed by atoms with Gasteiger partial charge in [0.25, 0.3) is 5.91 Å². The summed E-state index contributed by atoms with van der Waals surface area (Å²) in [7, 11) is 1.99. The molecular formula is C15H16N4O. The highest BCUT2D eigenvalue weighted by molar-refractivity contribution is 6.02. The Morgan fingerprint density at radius 1 is 1.30 bits per heavy atom. The Kier molecular flexibility index (Phi) is 3.02. The highest BCUT2D eigenvalue weighted by Crippen LogP contribution is 2.21. The summed E-state index contributed by atoms with van der Waals surface area (Å²) in [5.41, 5.74) is 1.19. The van der Waals surface area contributed by atoms with Crippen molar-refractivity contribution >= 4 is 17.7 Å². The average molecular weight is 268 g/mol. The Hall–Kier alpha value is -2.56. The average Bonchev–Trinajstić information content (AvgIpc) is 2.89. The number of rotatable bonds is 2. The number of imidazole rings is 1. The summed E-state index contributed by atoms with van der Waals surface area (Å²) in [5, 5.41) is 2.84. The molecule has 1 amide bonds. The molecule has 1 aliphatic heterocycles. The lowest BCUT2D eigenvalue weighted by Crippen LogP contribution is -2.25. The smallest absolute Gasteiger partial charge is 0.275 e. The van der Waals surface area contributed by atoms with Gasteiger partial charge in [-0.05, 0) is 25.1 Å². The van der Waals surface area contributed by atoms with Crippen LogP contribution in [0.2, 0.25) is 0 Å². The van der Waals surface area contributed by atoms with Gasteiger partial charge in [0.2, 0.25) is 0 Å². The van der Waals surface area contributed by atoms with Gasteiger partial charge < -0.3 is 14.8 Å². The summed E-state index contributed by atoms with van der Waals surface area (Å²) in [4.78, 5) is 18.6. The number of carbonyl (C=O) groups excluding carboxylic acids is 1. The van der Waals surface area contributed by atoms with Crippen molar-refractivity contribution in [2.24, 2.45) is 0 Å². The van der Waals surface area contributed by atoms with Gasteiger partial charge in [0.05, 0.1) is 0 Å². The Bertz CT molecular complexity index is 660. The summed E-state index contributed by atoms with van der Waals surface area (Å²) >= 11 is 0. The van der Waals surface area contributed by atoms with E-state index >= 15 is 0 Å². The second-order valence-electron chi connectivity index (χ2n) is 4.82. The van der Waals surface area contributed by atoms with Gasteiger partial charge in [-0.25, -0.2) is 4.98 Å². The predicted octanol–water partition coefficient (Wildman–Crippen LogP) is 2.57. The molecule has 0 saturated heterocycles. The fraction of sp³-hybridized carbons (Fsp3) is 0.200. The minimum Gasteiger partial charge on any atom is -0.360 e. The maximum Gasteiger partial charge on any atom is 0.275 e. The summed E-state index contributed by atoms with van der Waals surface area (Å²) in [5.74, 6) is 0.607. The molecule has 0 fully saturated rings. The van der Waals surface area contributed by atoms with Gasteiger partial charge in [-0.2, -0.15) is 0 Å². The third kappa shape index (κ3) is 2.18. The molecule has 2 heterocycles. The fourth-order valence-corrected chi connectivity index (χ4v) is 2.16. The lowest BCUT2D eigenvalue weighted by atomic mass is 10.3. The van der Waals surface area contributed by atoms with Crippen LogP contribution in [-0.2, 0) is 0 Å². The molecular weight excluding hydrogens is 252 g/mol. The number of carbonyl (C=O) groups is 1. The first kappa shape index (κ1) is 12.5. The molecule has 5 heteroatoms. The summed E-state index contributed by atoms with van der Waals surface area (Å²) in [6.45, 7) is 2.06. The predicted molar refractivity (Wildman–Crippen MR) is 78.1 cm³/mol. The van der Waals surface area contributed by atoms with Gasteiger partial charge in [-0.1, -0.05) is 18.2 Å². The molecule has 1 aromatic carbocycles.